The predicted molar refractivity (Wildman–Crippen MR) is 145 cm³/mol. The van der Waals surface area contributed by atoms with Gasteiger partial charge in [0.15, 0.2) is 6.61 Å². The summed E-state index contributed by atoms with van der Waals surface area (Å²) in [4.78, 5) is 28.7. The molecule has 3 aromatic rings. The molecule has 0 saturated carbocycles. The van der Waals surface area contributed by atoms with Crippen LogP contribution in [0.2, 0.25) is 5.02 Å². The molecule has 1 atom stereocenters. The Kier molecular flexibility index (Phi) is 10.4. The number of halogens is 1. The molecule has 6 heteroatoms. The van der Waals surface area contributed by atoms with Crippen LogP contribution in [0.1, 0.15) is 42.0 Å². The molecule has 0 fully saturated rings. The van der Waals surface area contributed by atoms with Gasteiger partial charge in [-0.3, -0.25) is 9.59 Å². The Bertz CT molecular complexity index is 1150. The lowest BCUT2D eigenvalue weighted by molar-refractivity contribution is -0.142. The van der Waals surface area contributed by atoms with Gasteiger partial charge in [-0.15, -0.1) is 0 Å². The minimum absolute atomic E-state index is 0.178. The van der Waals surface area contributed by atoms with Crippen molar-refractivity contribution in [1.82, 2.24) is 10.2 Å². The number of hydrogen-bond donors (Lipinski definition) is 1. The van der Waals surface area contributed by atoms with Crippen molar-refractivity contribution in [2.75, 3.05) is 13.2 Å². The molecule has 0 aliphatic rings. The molecule has 0 heterocycles. The van der Waals surface area contributed by atoms with Crippen LogP contribution in [0.15, 0.2) is 72.8 Å². The molecular formula is C30H35ClN2O3. The Balaban J connectivity index is 1.91. The molecule has 0 bridgehead atoms. The van der Waals surface area contributed by atoms with Crippen LogP contribution in [0, 0.1) is 13.8 Å². The largest absolute Gasteiger partial charge is 0.483 e. The second-order valence-corrected chi connectivity index (χ2v) is 9.36. The summed E-state index contributed by atoms with van der Waals surface area (Å²) in [6.07, 6.45) is 2.23. The highest BCUT2D eigenvalue weighted by Gasteiger charge is 2.31. The quantitative estimate of drug-likeness (QED) is 0.311. The van der Waals surface area contributed by atoms with Gasteiger partial charge in [0.1, 0.15) is 11.8 Å². The number of carbonyl (C=O) groups is 2. The second kappa shape index (κ2) is 13.7. The second-order valence-electron chi connectivity index (χ2n) is 8.95. The fourth-order valence-corrected chi connectivity index (χ4v) is 4.17. The van der Waals surface area contributed by atoms with Gasteiger partial charge in [0, 0.05) is 24.5 Å². The number of amides is 2. The third-order valence-corrected chi connectivity index (χ3v) is 6.67. The van der Waals surface area contributed by atoms with E-state index in [0.29, 0.717) is 23.7 Å². The third-order valence-electron chi connectivity index (χ3n) is 6.31. The normalized spacial score (nSPS) is 11.6. The first-order chi connectivity index (χ1) is 17.4. The smallest absolute Gasteiger partial charge is 0.261 e. The highest BCUT2D eigenvalue weighted by atomic mass is 35.5. The molecule has 5 nitrogen and oxygen atoms in total. The third kappa shape index (κ3) is 7.59. The Hall–Kier alpha value is -3.31. The van der Waals surface area contributed by atoms with E-state index in [9.17, 15) is 9.59 Å². The van der Waals surface area contributed by atoms with Gasteiger partial charge >= 0.3 is 0 Å². The lowest BCUT2D eigenvalue weighted by Gasteiger charge is -2.32. The van der Waals surface area contributed by atoms with Crippen LogP contribution < -0.4 is 10.1 Å². The molecule has 1 unspecified atom stereocenters. The van der Waals surface area contributed by atoms with Gasteiger partial charge in [0.05, 0.1) is 0 Å². The number of nitrogens with one attached hydrogen (secondary N) is 1. The average Bonchev–Trinajstić information content (AvgIpc) is 2.88. The monoisotopic (exact) mass is 506 g/mol. The summed E-state index contributed by atoms with van der Waals surface area (Å²) in [5, 5.41) is 3.57. The highest BCUT2D eigenvalue weighted by Crippen LogP contribution is 2.23. The van der Waals surface area contributed by atoms with Gasteiger partial charge in [-0.05, 0) is 54.7 Å². The Labute approximate surface area is 219 Å². The minimum atomic E-state index is -0.713. The Morgan fingerprint density at radius 3 is 2.42 bits per heavy atom. The molecule has 3 rings (SSSR count). The first-order valence-corrected chi connectivity index (χ1v) is 12.8. The fraction of sp³-hybridized carbons (Fsp3) is 0.333. The summed E-state index contributed by atoms with van der Waals surface area (Å²) in [6.45, 7) is 6.63. The maximum atomic E-state index is 13.7. The van der Waals surface area contributed by atoms with E-state index in [4.69, 9.17) is 16.3 Å². The molecule has 0 saturated heterocycles. The Morgan fingerprint density at radius 2 is 1.69 bits per heavy atom. The van der Waals surface area contributed by atoms with Gasteiger partial charge in [-0.25, -0.2) is 0 Å². The van der Waals surface area contributed by atoms with Crippen molar-refractivity contribution in [2.24, 2.45) is 0 Å². The number of aryl methyl sites for hydroxylation is 1. The number of hydrogen-bond acceptors (Lipinski definition) is 3. The van der Waals surface area contributed by atoms with E-state index in [1.54, 1.807) is 11.0 Å². The van der Waals surface area contributed by atoms with Crippen LogP contribution in [0.3, 0.4) is 0 Å². The molecule has 36 heavy (non-hydrogen) atoms. The van der Waals surface area contributed by atoms with Crippen LogP contribution in [-0.2, 0) is 22.6 Å². The van der Waals surface area contributed by atoms with Crippen molar-refractivity contribution >= 4 is 23.4 Å². The predicted octanol–water partition coefficient (Wildman–Crippen LogP) is 5.89. The molecule has 1 N–H and O–H groups in total. The van der Waals surface area contributed by atoms with Crippen molar-refractivity contribution in [3.8, 4) is 5.75 Å². The number of nitrogens with zero attached hydrogens (tertiary/aromatic N) is 1. The molecule has 190 valence electrons. The maximum absolute atomic E-state index is 13.7. The topological polar surface area (TPSA) is 58.6 Å². The van der Waals surface area contributed by atoms with Gasteiger partial charge in [-0.1, -0.05) is 85.6 Å². The lowest BCUT2D eigenvalue weighted by atomic mass is 10.0. The molecule has 0 aromatic heterocycles. The van der Waals surface area contributed by atoms with Crippen LogP contribution >= 0.6 is 11.6 Å². The SMILES string of the molecule is CCCCNC(=O)C(Cc1ccccc1)N(Cc1ccccc1Cl)C(=O)COc1cccc(C)c1C. The van der Waals surface area contributed by atoms with Crippen LogP contribution in [0.25, 0.3) is 0 Å². The van der Waals surface area contributed by atoms with Crippen LogP contribution in [0.4, 0.5) is 0 Å². The Morgan fingerprint density at radius 1 is 0.972 bits per heavy atom. The summed E-state index contributed by atoms with van der Waals surface area (Å²) in [7, 11) is 0. The van der Waals surface area contributed by atoms with Crippen LogP contribution in [-0.4, -0.2) is 35.9 Å². The number of ether oxygens (including phenoxy) is 1. The number of benzene rings is 3. The summed E-state index contributed by atoms with van der Waals surface area (Å²) >= 11 is 6.46. The van der Waals surface area contributed by atoms with E-state index in [-0.39, 0.29) is 25.0 Å². The van der Waals surface area contributed by atoms with Crippen molar-refractivity contribution in [1.29, 1.82) is 0 Å². The first-order valence-electron chi connectivity index (χ1n) is 12.4. The zero-order valence-corrected chi connectivity index (χ0v) is 22.1. The zero-order chi connectivity index (χ0) is 25.9. The molecule has 3 aromatic carbocycles. The lowest BCUT2D eigenvalue weighted by Crippen LogP contribution is -2.51. The minimum Gasteiger partial charge on any atom is -0.483 e. The van der Waals surface area contributed by atoms with Crippen molar-refractivity contribution in [3.05, 3.63) is 100 Å². The van der Waals surface area contributed by atoms with Gasteiger partial charge in [0.2, 0.25) is 5.91 Å². The van der Waals surface area contributed by atoms with Crippen molar-refractivity contribution in [3.63, 3.8) is 0 Å². The fourth-order valence-electron chi connectivity index (χ4n) is 3.97. The van der Waals surface area contributed by atoms with E-state index < -0.39 is 6.04 Å². The summed E-state index contributed by atoms with van der Waals surface area (Å²) in [5.41, 5.74) is 3.82. The maximum Gasteiger partial charge on any atom is 0.261 e. The molecule has 2 amide bonds. The highest BCUT2D eigenvalue weighted by molar-refractivity contribution is 6.31. The van der Waals surface area contributed by atoms with Crippen molar-refractivity contribution < 1.29 is 14.3 Å². The summed E-state index contributed by atoms with van der Waals surface area (Å²) in [6, 6.07) is 22.2. The summed E-state index contributed by atoms with van der Waals surface area (Å²) in [5.74, 6) is 0.204. The molecule has 0 radical (unpaired) electrons. The van der Waals surface area contributed by atoms with E-state index >= 15 is 0 Å². The molecule has 0 aliphatic heterocycles. The standard InChI is InChI=1S/C30H35ClN2O3/c1-4-5-18-32-30(35)27(19-24-13-7-6-8-14-24)33(20-25-15-9-10-16-26(25)31)29(34)21-36-28-17-11-12-22(2)23(28)3/h6-17,27H,4-5,18-21H2,1-3H3,(H,32,35). The van der Waals surface area contributed by atoms with Gasteiger partial charge < -0.3 is 15.0 Å². The zero-order valence-electron chi connectivity index (χ0n) is 21.3. The van der Waals surface area contributed by atoms with Crippen molar-refractivity contribution in [2.45, 2.75) is 52.6 Å². The molecule has 0 aliphatic carbocycles. The molecular weight excluding hydrogens is 472 g/mol. The number of unbranched alkanes of at least 4 members (excludes halogenated alkanes) is 1. The van der Waals surface area contributed by atoms with E-state index in [2.05, 4.69) is 12.2 Å². The van der Waals surface area contributed by atoms with E-state index in [0.717, 1.165) is 35.1 Å². The van der Waals surface area contributed by atoms with Gasteiger partial charge in [0.25, 0.3) is 5.91 Å². The molecule has 0 spiro atoms. The van der Waals surface area contributed by atoms with E-state index in [1.165, 1.54) is 0 Å². The first kappa shape index (κ1) is 27.3. The summed E-state index contributed by atoms with van der Waals surface area (Å²) < 4.78 is 5.95. The average molecular weight is 507 g/mol. The van der Waals surface area contributed by atoms with Gasteiger partial charge in [-0.2, -0.15) is 0 Å². The number of carbonyl (C=O) groups excluding carboxylic acids is 2. The van der Waals surface area contributed by atoms with Crippen LogP contribution in [0.5, 0.6) is 5.75 Å². The number of rotatable bonds is 12. The van der Waals surface area contributed by atoms with E-state index in [1.807, 2.05) is 80.6 Å².